The highest BCUT2D eigenvalue weighted by molar-refractivity contribution is 5.89. The Hall–Kier alpha value is -3.51. The summed E-state index contributed by atoms with van der Waals surface area (Å²) in [6.07, 6.45) is 0.910. The van der Waals surface area contributed by atoms with Crippen molar-refractivity contribution in [1.29, 1.82) is 0 Å². The van der Waals surface area contributed by atoms with Gasteiger partial charge in [-0.15, -0.1) is 0 Å². The first-order valence-electron chi connectivity index (χ1n) is 11.6. The number of benzene rings is 3. The van der Waals surface area contributed by atoms with Crippen LogP contribution in [0.5, 0.6) is 11.5 Å². The van der Waals surface area contributed by atoms with Gasteiger partial charge in [0.15, 0.2) is 11.5 Å². The number of carbonyl (C=O) groups excluding carboxylic acids is 1. The summed E-state index contributed by atoms with van der Waals surface area (Å²) in [6.45, 7) is 6.30. The van der Waals surface area contributed by atoms with E-state index >= 15 is 0 Å². The van der Waals surface area contributed by atoms with E-state index in [-0.39, 0.29) is 12.1 Å². The summed E-state index contributed by atoms with van der Waals surface area (Å²) in [7, 11) is 3.31. The first kappa shape index (κ1) is 23.6. The number of aryl methyl sites for hydroxylation is 2. The van der Waals surface area contributed by atoms with Gasteiger partial charge in [0.05, 0.1) is 20.3 Å². The molecule has 0 spiro atoms. The van der Waals surface area contributed by atoms with Gasteiger partial charge in [0.1, 0.15) is 0 Å². The predicted molar refractivity (Wildman–Crippen MR) is 136 cm³/mol. The highest BCUT2D eigenvalue weighted by Crippen LogP contribution is 2.38. The minimum atomic E-state index is -0.216. The van der Waals surface area contributed by atoms with Gasteiger partial charge in [0.2, 0.25) is 0 Å². The number of hydrogen-bond acceptors (Lipinski definition) is 4. The molecule has 6 nitrogen and oxygen atoms in total. The summed E-state index contributed by atoms with van der Waals surface area (Å²) in [5, 5.41) is 6.01. The van der Waals surface area contributed by atoms with E-state index in [0.29, 0.717) is 12.3 Å². The number of anilines is 1. The summed E-state index contributed by atoms with van der Waals surface area (Å²) in [4.78, 5) is 15.1. The molecule has 3 aromatic rings. The Morgan fingerprint density at radius 3 is 2.21 bits per heavy atom. The average Bonchev–Trinajstić information content (AvgIpc) is 2.85. The summed E-state index contributed by atoms with van der Waals surface area (Å²) in [5.74, 6) is 1.43. The van der Waals surface area contributed by atoms with Crippen molar-refractivity contribution in [3.05, 3.63) is 88.5 Å². The molecular weight excluding hydrogens is 426 g/mol. The lowest BCUT2D eigenvalue weighted by Crippen LogP contribution is -2.42. The molecular formula is C28H33N3O3. The lowest BCUT2D eigenvalue weighted by molar-refractivity contribution is 0.172. The third kappa shape index (κ3) is 5.51. The maximum Gasteiger partial charge on any atom is 0.319 e. The molecule has 0 bridgehead atoms. The fourth-order valence-corrected chi connectivity index (χ4v) is 4.44. The number of nitrogens with zero attached hydrogens (tertiary/aromatic N) is 1. The molecule has 1 aliphatic rings. The number of amides is 2. The molecule has 1 aliphatic heterocycles. The Morgan fingerprint density at radius 1 is 0.941 bits per heavy atom. The first-order chi connectivity index (χ1) is 16.5. The highest BCUT2D eigenvalue weighted by atomic mass is 16.5. The van der Waals surface area contributed by atoms with Gasteiger partial charge in [-0.1, -0.05) is 47.5 Å². The van der Waals surface area contributed by atoms with Gasteiger partial charge < -0.3 is 20.1 Å². The van der Waals surface area contributed by atoms with Crippen molar-refractivity contribution in [1.82, 2.24) is 10.2 Å². The molecule has 0 fully saturated rings. The molecule has 6 heteroatoms. The maximum atomic E-state index is 12.7. The summed E-state index contributed by atoms with van der Waals surface area (Å²) in [5.41, 5.74) is 6.81. The Morgan fingerprint density at radius 2 is 1.56 bits per heavy atom. The summed E-state index contributed by atoms with van der Waals surface area (Å²) < 4.78 is 11.1. The van der Waals surface area contributed by atoms with E-state index in [0.717, 1.165) is 42.1 Å². The van der Waals surface area contributed by atoms with Crippen LogP contribution in [0.3, 0.4) is 0 Å². The third-order valence-electron chi connectivity index (χ3n) is 6.39. The minimum absolute atomic E-state index is 0.00799. The molecule has 2 amide bonds. The molecule has 1 heterocycles. The zero-order valence-corrected chi connectivity index (χ0v) is 20.4. The molecule has 2 N–H and O–H groups in total. The van der Waals surface area contributed by atoms with Crippen LogP contribution in [0, 0.1) is 13.8 Å². The number of fused-ring (bicyclic) bond motifs is 1. The second-order valence-corrected chi connectivity index (χ2v) is 8.83. The van der Waals surface area contributed by atoms with Gasteiger partial charge in [-0.2, -0.15) is 0 Å². The zero-order chi connectivity index (χ0) is 24.1. The largest absolute Gasteiger partial charge is 0.493 e. The molecule has 0 saturated heterocycles. The van der Waals surface area contributed by atoms with Crippen LogP contribution in [-0.2, 0) is 13.0 Å². The van der Waals surface area contributed by atoms with Crippen LogP contribution < -0.4 is 20.1 Å². The van der Waals surface area contributed by atoms with Gasteiger partial charge in [-0.25, -0.2) is 4.79 Å². The summed E-state index contributed by atoms with van der Waals surface area (Å²) in [6, 6.07) is 20.3. The van der Waals surface area contributed by atoms with E-state index in [1.165, 1.54) is 16.7 Å². The average molecular weight is 460 g/mol. The first-order valence-corrected chi connectivity index (χ1v) is 11.6. The molecule has 1 atom stereocenters. The maximum absolute atomic E-state index is 12.7. The normalized spacial score (nSPS) is 15.4. The van der Waals surface area contributed by atoms with Gasteiger partial charge >= 0.3 is 6.03 Å². The van der Waals surface area contributed by atoms with Crippen molar-refractivity contribution in [3.63, 3.8) is 0 Å². The van der Waals surface area contributed by atoms with Gasteiger partial charge in [-0.05, 0) is 61.2 Å². The Balaban J connectivity index is 1.56. The lowest BCUT2D eigenvalue weighted by atomic mass is 9.91. The standard InChI is InChI=1S/C28H33N3O3/c1-19-5-9-21(10-6-19)18-31-14-13-22-15-26(33-3)27(34-4)16-24(22)25(31)17-29-28(32)30-23-11-7-20(2)8-12-23/h5-12,15-16,25H,13-14,17-18H2,1-4H3,(H2,29,30,32)/t25-/m1/s1. The highest BCUT2D eigenvalue weighted by Gasteiger charge is 2.29. The number of ether oxygens (including phenoxy) is 2. The van der Waals surface area contributed by atoms with Gasteiger partial charge in [0, 0.05) is 25.3 Å². The number of methoxy groups -OCH3 is 2. The second kappa shape index (κ2) is 10.6. The molecule has 4 rings (SSSR count). The molecule has 0 radical (unpaired) electrons. The van der Waals surface area contributed by atoms with Crippen molar-refractivity contribution >= 4 is 11.7 Å². The van der Waals surface area contributed by atoms with E-state index in [1.807, 2.05) is 31.2 Å². The Kier molecular flexibility index (Phi) is 7.38. The van der Waals surface area contributed by atoms with E-state index in [1.54, 1.807) is 14.2 Å². The van der Waals surface area contributed by atoms with Crippen LogP contribution in [0.2, 0.25) is 0 Å². The van der Waals surface area contributed by atoms with Crippen LogP contribution >= 0.6 is 0 Å². The van der Waals surface area contributed by atoms with Crippen molar-refractivity contribution in [3.8, 4) is 11.5 Å². The monoisotopic (exact) mass is 459 g/mol. The number of carbonyl (C=O) groups is 1. The van der Waals surface area contributed by atoms with Crippen LogP contribution in [0.15, 0.2) is 60.7 Å². The zero-order valence-electron chi connectivity index (χ0n) is 20.4. The second-order valence-electron chi connectivity index (χ2n) is 8.83. The smallest absolute Gasteiger partial charge is 0.319 e. The number of hydrogen-bond donors (Lipinski definition) is 2. The lowest BCUT2D eigenvalue weighted by Gasteiger charge is -2.38. The topological polar surface area (TPSA) is 62.8 Å². The van der Waals surface area contributed by atoms with Crippen LogP contribution in [-0.4, -0.2) is 38.2 Å². The molecule has 34 heavy (non-hydrogen) atoms. The fourth-order valence-electron chi connectivity index (χ4n) is 4.44. The fraction of sp³-hybridized carbons (Fsp3) is 0.321. The van der Waals surface area contributed by atoms with Crippen molar-refractivity contribution in [2.45, 2.75) is 32.9 Å². The molecule has 178 valence electrons. The third-order valence-corrected chi connectivity index (χ3v) is 6.39. The number of nitrogens with one attached hydrogen (secondary N) is 2. The quantitative estimate of drug-likeness (QED) is 0.507. The van der Waals surface area contributed by atoms with E-state index in [9.17, 15) is 4.79 Å². The van der Waals surface area contributed by atoms with Crippen molar-refractivity contribution < 1.29 is 14.3 Å². The summed E-state index contributed by atoms with van der Waals surface area (Å²) >= 11 is 0. The van der Waals surface area contributed by atoms with Crippen LogP contribution in [0.4, 0.5) is 10.5 Å². The van der Waals surface area contributed by atoms with Gasteiger partial charge in [-0.3, -0.25) is 4.90 Å². The Labute approximate surface area is 201 Å². The van der Waals surface area contributed by atoms with E-state index < -0.39 is 0 Å². The minimum Gasteiger partial charge on any atom is -0.493 e. The molecule has 0 unspecified atom stereocenters. The van der Waals surface area contributed by atoms with E-state index in [4.69, 9.17) is 9.47 Å². The van der Waals surface area contributed by atoms with E-state index in [2.05, 4.69) is 58.9 Å². The molecule has 0 aromatic heterocycles. The Bertz CT molecular complexity index is 1130. The van der Waals surface area contributed by atoms with Crippen molar-refractivity contribution in [2.75, 3.05) is 32.6 Å². The molecule has 3 aromatic carbocycles. The van der Waals surface area contributed by atoms with Crippen molar-refractivity contribution in [2.24, 2.45) is 0 Å². The van der Waals surface area contributed by atoms with Crippen LogP contribution in [0.1, 0.15) is 33.9 Å². The molecule has 0 aliphatic carbocycles. The number of rotatable bonds is 7. The predicted octanol–water partition coefficient (Wildman–Crippen LogP) is 5.24. The number of urea groups is 1. The van der Waals surface area contributed by atoms with Crippen LogP contribution in [0.25, 0.3) is 0 Å². The SMILES string of the molecule is COc1cc2c(cc1OC)[C@@H](CNC(=O)Nc1ccc(C)cc1)N(Cc1ccc(C)cc1)CC2. The van der Waals surface area contributed by atoms with Gasteiger partial charge in [0.25, 0.3) is 0 Å². The molecule has 0 saturated carbocycles.